The average molecular weight is 327 g/mol. The van der Waals surface area contributed by atoms with Gasteiger partial charge in [0.2, 0.25) is 5.91 Å². The molecule has 0 fully saturated rings. The predicted molar refractivity (Wildman–Crippen MR) is 88.5 cm³/mol. The number of thiophene rings is 1. The summed E-state index contributed by atoms with van der Waals surface area (Å²) in [6, 6.07) is 2.08. The molecule has 1 N–H and O–H groups in total. The van der Waals surface area contributed by atoms with Gasteiger partial charge in [0, 0.05) is 28.2 Å². The van der Waals surface area contributed by atoms with E-state index in [0.717, 1.165) is 22.2 Å². The zero-order valence-corrected chi connectivity index (χ0v) is 14.1. The van der Waals surface area contributed by atoms with Gasteiger partial charge in [-0.2, -0.15) is 11.8 Å². The van der Waals surface area contributed by atoms with Crippen LogP contribution in [-0.4, -0.2) is 16.6 Å². The number of rotatable bonds is 7. The van der Waals surface area contributed by atoms with Gasteiger partial charge >= 0.3 is 0 Å². The van der Waals surface area contributed by atoms with E-state index in [9.17, 15) is 4.79 Å². The van der Waals surface area contributed by atoms with Gasteiger partial charge in [0.1, 0.15) is 0 Å². The van der Waals surface area contributed by atoms with Crippen LogP contribution in [0.4, 0.5) is 0 Å². The first-order valence-corrected chi connectivity index (χ1v) is 9.35. The Bertz CT molecular complexity index is 562. The third-order valence-electron chi connectivity index (χ3n) is 2.80. The molecule has 0 aliphatic heterocycles. The van der Waals surface area contributed by atoms with E-state index in [1.165, 1.54) is 10.4 Å². The molecule has 2 aromatic heterocycles. The molecule has 2 rings (SSSR count). The number of aromatic nitrogens is 1. The van der Waals surface area contributed by atoms with Gasteiger partial charge in [-0.25, -0.2) is 4.98 Å². The van der Waals surface area contributed by atoms with Crippen molar-refractivity contribution in [1.29, 1.82) is 0 Å². The van der Waals surface area contributed by atoms with Crippen LogP contribution in [0.5, 0.6) is 0 Å². The summed E-state index contributed by atoms with van der Waals surface area (Å²) in [5.74, 6) is 1.85. The summed E-state index contributed by atoms with van der Waals surface area (Å²) >= 11 is 5.13. The van der Waals surface area contributed by atoms with Crippen molar-refractivity contribution in [2.75, 3.05) is 5.75 Å². The van der Waals surface area contributed by atoms with Crippen molar-refractivity contribution in [2.45, 2.75) is 32.6 Å². The molecule has 0 unspecified atom stereocenters. The fraction of sp³-hybridized carbons (Fsp3) is 0.429. The standard InChI is InChI=1S/C14H18N2OS3/c1-10-3-6-19-13(10)7-15-14(17)4-5-18-8-12-9-20-11(2)16-12/h3,6,9H,4-5,7-8H2,1-2H3,(H,15,17). The molecule has 2 aromatic rings. The maximum absolute atomic E-state index is 11.7. The summed E-state index contributed by atoms with van der Waals surface area (Å²) in [6.45, 7) is 4.74. The van der Waals surface area contributed by atoms with E-state index >= 15 is 0 Å². The lowest BCUT2D eigenvalue weighted by atomic mass is 10.3. The smallest absolute Gasteiger partial charge is 0.221 e. The van der Waals surface area contributed by atoms with E-state index in [1.54, 1.807) is 34.4 Å². The maximum atomic E-state index is 11.7. The molecule has 0 radical (unpaired) electrons. The maximum Gasteiger partial charge on any atom is 0.221 e. The Morgan fingerprint density at radius 1 is 1.40 bits per heavy atom. The Morgan fingerprint density at radius 2 is 2.25 bits per heavy atom. The SMILES string of the molecule is Cc1nc(CSCCC(=O)NCc2sccc2C)cs1. The van der Waals surface area contributed by atoms with Crippen molar-refractivity contribution in [2.24, 2.45) is 0 Å². The lowest BCUT2D eigenvalue weighted by Gasteiger charge is -2.04. The molecule has 0 aromatic carbocycles. The monoisotopic (exact) mass is 326 g/mol. The molecule has 0 spiro atoms. The number of nitrogens with one attached hydrogen (secondary N) is 1. The fourth-order valence-corrected chi connectivity index (χ4v) is 4.06. The third kappa shape index (κ3) is 4.92. The number of carbonyl (C=O) groups is 1. The highest BCUT2D eigenvalue weighted by atomic mass is 32.2. The molecule has 0 atom stereocenters. The lowest BCUT2D eigenvalue weighted by Crippen LogP contribution is -2.22. The molecule has 108 valence electrons. The first kappa shape index (κ1) is 15.5. The van der Waals surface area contributed by atoms with Crippen molar-refractivity contribution in [1.82, 2.24) is 10.3 Å². The Labute approximate surface area is 131 Å². The van der Waals surface area contributed by atoms with E-state index in [-0.39, 0.29) is 5.91 Å². The number of thiazole rings is 1. The summed E-state index contributed by atoms with van der Waals surface area (Å²) in [5.41, 5.74) is 2.37. The molecule has 3 nitrogen and oxygen atoms in total. The molecule has 0 aliphatic rings. The Morgan fingerprint density at radius 3 is 2.90 bits per heavy atom. The zero-order chi connectivity index (χ0) is 14.4. The van der Waals surface area contributed by atoms with Crippen molar-refractivity contribution in [3.63, 3.8) is 0 Å². The number of hydrogen-bond donors (Lipinski definition) is 1. The average Bonchev–Trinajstić information content (AvgIpc) is 3.01. The van der Waals surface area contributed by atoms with Crippen LogP contribution in [0.3, 0.4) is 0 Å². The summed E-state index contributed by atoms with van der Waals surface area (Å²) in [5, 5.41) is 8.22. The molecular formula is C14H18N2OS3. The van der Waals surface area contributed by atoms with Gasteiger partial charge in [-0.05, 0) is 30.9 Å². The first-order chi connectivity index (χ1) is 9.65. The van der Waals surface area contributed by atoms with E-state index in [1.807, 2.05) is 6.92 Å². The zero-order valence-electron chi connectivity index (χ0n) is 11.6. The number of amides is 1. The van der Waals surface area contributed by atoms with Crippen LogP contribution in [0, 0.1) is 13.8 Å². The van der Waals surface area contributed by atoms with Crippen LogP contribution in [0.25, 0.3) is 0 Å². The minimum Gasteiger partial charge on any atom is -0.351 e. The van der Waals surface area contributed by atoms with Crippen LogP contribution in [-0.2, 0) is 17.1 Å². The van der Waals surface area contributed by atoms with E-state index in [0.29, 0.717) is 13.0 Å². The second-order valence-electron chi connectivity index (χ2n) is 4.46. The van der Waals surface area contributed by atoms with Crippen LogP contribution < -0.4 is 5.32 Å². The molecule has 1 amide bonds. The van der Waals surface area contributed by atoms with Gasteiger partial charge in [0.25, 0.3) is 0 Å². The minimum atomic E-state index is 0.125. The molecule has 0 saturated carbocycles. The number of thioether (sulfide) groups is 1. The highest BCUT2D eigenvalue weighted by Crippen LogP contribution is 2.16. The molecule has 6 heteroatoms. The second kappa shape index (κ2) is 7.81. The van der Waals surface area contributed by atoms with E-state index in [2.05, 4.69) is 34.1 Å². The number of nitrogens with zero attached hydrogens (tertiary/aromatic N) is 1. The van der Waals surface area contributed by atoms with Crippen molar-refractivity contribution in [3.8, 4) is 0 Å². The second-order valence-corrected chi connectivity index (χ2v) is 7.63. The van der Waals surface area contributed by atoms with E-state index in [4.69, 9.17) is 0 Å². The molecule has 0 bridgehead atoms. The Hall–Kier alpha value is -0.850. The van der Waals surface area contributed by atoms with Gasteiger partial charge in [-0.1, -0.05) is 0 Å². The summed E-state index contributed by atoms with van der Waals surface area (Å²) < 4.78 is 0. The van der Waals surface area contributed by atoms with Crippen LogP contribution in [0.1, 0.15) is 27.6 Å². The number of aryl methyl sites for hydroxylation is 2. The summed E-state index contributed by atoms with van der Waals surface area (Å²) in [7, 11) is 0. The van der Waals surface area contributed by atoms with Crippen molar-refractivity contribution < 1.29 is 4.79 Å². The van der Waals surface area contributed by atoms with Gasteiger partial charge < -0.3 is 5.32 Å². The Kier molecular flexibility index (Phi) is 6.06. The summed E-state index contributed by atoms with van der Waals surface area (Å²) in [4.78, 5) is 17.4. The predicted octanol–water partition coefficient (Wildman–Crippen LogP) is 3.76. The molecule has 0 aliphatic carbocycles. The van der Waals surface area contributed by atoms with Crippen molar-refractivity contribution in [3.05, 3.63) is 38.0 Å². The van der Waals surface area contributed by atoms with Crippen molar-refractivity contribution >= 4 is 40.3 Å². The highest BCUT2D eigenvalue weighted by Gasteiger charge is 2.05. The first-order valence-electron chi connectivity index (χ1n) is 6.43. The normalized spacial score (nSPS) is 10.7. The van der Waals surface area contributed by atoms with Gasteiger partial charge in [0.15, 0.2) is 0 Å². The minimum absolute atomic E-state index is 0.125. The number of hydrogen-bond acceptors (Lipinski definition) is 5. The molecular weight excluding hydrogens is 308 g/mol. The molecule has 2 heterocycles. The van der Waals surface area contributed by atoms with Crippen LogP contribution in [0.2, 0.25) is 0 Å². The molecule has 0 saturated heterocycles. The van der Waals surface area contributed by atoms with Gasteiger partial charge in [-0.3, -0.25) is 4.79 Å². The van der Waals surface area contributed by atoms with Gasteiger partial charge in [-0.15, -0.1) is 22.7 Å². The highest BCUT2D eigenvalue weighted by molar-refractivity contribution is 7.98. The fourth-order valence-electron chi connectivity index (χ4n) is 1.67. The molecule has 20 heavy (non-hydrogen) atoms. The number of carbonyl (C=O) groups excluding carboxylic acids is 1. The van der Waals surface area contributed by atoms with E-state index < -0.39 is 0 Å². The lowest BCUT2D eigenvalue weighted by molar-refractivity contribution is -0.120. The largest absolute Gasteiger partial charge is 0.351 e. The van der Waals surface area contributed by atoms with Gasteiger partial charge in [0.05, 0.1) is 17.2 Å². The Balaban J connectivity index is 1.59. The van der Waals surface area contributed by atoms with Crippen LogP contribution in [0.15, 0.2) is 16.8 Å². The third-order valence-corrected chi connectivity index (χ3v) is 5.64. The summed E-state index contributed by atoms with van der Waals surface area (Å²) in [6.07, 6.45) is 0.568. The quantitative estimate of drug-likeness (QED) is 0.788. The van der Waals surface area contributed by atoms with Crippen LogP contribution >= 0.6 is 34.4 Å². The topological polar surface area (TPSA) is 42.0 Å².